The number of para-hydroxylation sites is 1. The molecule has 0 saturated carbocycles. The van der Waals surface area contributed by atoms with Crippen LogP contribution in [0.3, 0.4) is 0 Å². The lowest BCUT2D eigenvalue weighted by Gasteiger charge is -2.25. The molecule has 0 aliphatic carbocycles. The monoisotopic (exact) mass is 379 g/mol. The molecule has 2 atom stereocenters. The van der Waals surface area contributed by atoms with Crippen molar-refractivity contribution < 1.29 is 14.3 Å². The Morgan fingerprint density at radius 3 is 2.64 bits per heavy atom. The second kappa shape index (κ2) is 7.54. The number of carbonyl (C=O) groups excluding carboxylic acids is 2. The number of benzene rings is 2. The van der Waals surface area contributed by atoms with E-state index in [9.17, 15) is 9.59 Å². The number of nitrogens with one attached hydrogen (secondary N) is 1. The van der Waals surface area contributed by atoms with E-state index in [1.807, 2.05) is 56.3 Å². The highest BCUT2D eigenvalue weighted by Gasteiger charge is 2.35. The number of urea groups is 1. The molecule has 28 heavy (non-hydrogen) atoms. The molecular formula is C22H25N3O3. The first-order valence-electron chi connectivity index (χ1n) is 9.77. The summed E-state index contributed by atoms with van der Waals surface area (Å²) in [6.07, 6.45) is 1.16. The normalized spacial score (nSPS) is 21.0. The maximum Gasteiger partial charge on any atom is 0.322 e. The zero-order valence-electron chi connectivity index (χ0n) is 16.2. The fourth-order valence-corrected chi connectivity index (χ4v) is 4.06. The van der Waals surface area contributed by atoms with Gasteiger partial charge in [-0.05, 0) is 56.2 Å². The Kier molecular flexibility index (Phi) is 4.94. The van der Waals surface area contributed by atoms with Gasteiger partial charge in [-0.2, -0.15) is 0 Å². The number of hydrogen-bond acceptors (Lipinski definition) is 3. The minimum Gasteiger partial charge on any atom is -0.494 e. The maximum atomic E-state index is 12.9. The SMILES string of the molecule is CCOc1ccc(N2C[C@H](NC(=O)N3c4ccccc4C[C@@H]3C)CC2=O)cc1. The van der Waals surface area contributed by atoms with E-state index in [0.717, 1.165) is 23.5 Å². The maximum absolute atomic E-state index is 12.9. The third-order valence-corrected chi connectivity index (χ3v) is 5.34. The second-order valence-corrected chi connectivity index (χ2v) is 7.33. The minimum absolute atomic E-state index is 0.0179. The Balaban J connectivity index is 1.42. The molecule has 0 radical (unpaired) electrons. The summed E-state index contributed by atoms with van der Waals surface area (Å²) >= 11 is 0. The molecule has 0 unspecified atom stereocenters. The zero-order chi connectivity index (χ0) is 19.7. The molecule has 2 heterocycles. The predicted molar refractivity (Wildman–Crippen MR) is 109 cm³/mol. The summed E-state index contributed by atoms with van der Waals surface area (Å²) in [5.74, 6) is 0.800. The molecule has 0 spiro atoms. The van der Waals surface area contributed by atoms with Gasteiger partial charge in [-0.15, -0.1) is 0 Å². The van der Waals surface area contributed by atoms with Crippen molar-refractivity contribution in [2.45, 2.75) is 38.8 Å². The highest BCUT2D eigenvalue weighted by Crippen LogP contribution is 2.32. The summed E-state index contributed by atoms with van der Waals surface area (Å²) < 4.78 is 5.45. The molecule has 146 valence electrons. The van der Waals surface area contributed by atoms with Gasteiger partial charge in [-0.1, -0.05) is 18.2 Å². The summed E-state index contributed by atoms with van der Waals surface area (Å²) in [5.41, 5.74) is 2.97. The lowest BCUT2D eigenvalue weighted by molar-refractivity contribution is -0.117. The molecule has 3 amide bonds. The highest BCUT2D eigenvalue weighted by molar-refractivity contribution is 5.99. The fraction of sp³-hybridized carbons (Fsp3) is 0.364. The molecule has 1 saturated heterocycles. The van der Waals surface area contributed by atoms with Crippen LogP contribution < -0.4 is 19.9 Å². The molecule has 2 aliphatic rings. The molecule has 0 aromatic heterocycles. The van der Waals surface area contributed by atoms with Crippen LogP contribution in [0.15, 0.2) is 48.5 Å². The van der Waals surface area contributed by atoms with Gasteiger partial charge < -0.3 is 15.0 Å². The number of amides is 3. The Labute approximate surface area is 165 Å². The van der Waals surface area contributed by atoms with Crippen LogP contribution in [0, 0.1) is 0 Å². The van der Waals surface area contributed by atoms with Crippen LogP contribution in [0.2, 0.25) is 0 Å². The summed E-state index contributed by atoms with van der Waals surface area (Å²) in [4.78, 5) is 28.9. The Hall–Kier alpha value is -3.02. The van der Waals surface area contributed by atoms with E-state index in [4.69, 9.17) is 4.74 Å². The van der Waals surface area contributed by atoms with Gasteiger partial charge in [-0.25, -0.2) is 4.79 Å². The van der Waals surface area contributed by atoms with Gasteiger partial charge in [0.2, 0.25) is 5.91 Å². The van der Waals surface area contributed by atoms with Crippen molar-refractivity contribution in [1.82, 2.24) is 5.32 Å². The van der Waals surface area contributed by atoms with Gasteiger partial charge in [0, 0.05) is 30.4 Å². The third kappa shape index (κ3) is 3.42. The summed E-state index contributed by atoms with van der Waals surface area (Å²) in [6.45, 7) is 5.06. The number of fused-ring (bicyclic) bond motifs is 1. The Morgan fingerprint density at radius 2 is 1.89 bits per heavy atom. The van der Waals surface area contributed by atoms with E-state index >= 15 is 0 Å². The number of hydrogen-bond donors (Lipinski definition) is 1. The lowest BCUT2D eigenvalue weighted by Crippen LogP contribution is -2.48. The summed E-state index contributed by atoms with van der Waals surface area (Å²) in [5, 5.41) is 3.05. The first-order chi connectivity index (χ1) is 13.6. The smallest absolute Gasteiger partial charge is 0.322 e. The van der Waals surface area contributed by atoms with Gasteiger partial charge in [0.05, 0.1) is 12.6 Å². The van der Waals surface area contributed by atoms with Gasteiger partial charge in [0.25, 0.3) is 0 Å². The average Bonchev–Trinajstić information content (AvgIpc) is 3.21. The van der Waals surface area contributed by atoms with Gasteiger partial charge in [-0.3, -0.25) is 9.69 Å². The van der Waals surface area contributed by atoms with E-state index in [2.05, 4.69) is 11.4 Å². The highest BCUT2D eigenvalue weighted by atomic mass is 16.5. The van der Waals surface area contributed by atoms with E-state index in [1.54, 1.807) is 9.80 Å². The molecule has 0 bridgehead atoms. The molecule has 2 aromatic carbocycles. The van der Waals surface area contributed by atoms with Crippen molar-refractivity contribution in [1.29, 1.82) is 0 Å². The Morgan fingerprint density at radius 1 is 1.14 bits per heavy atom. The number of rotatable bonds is 4. The fourth-order valence-electron chi connectivity index (χ4n) is 4.06. The zero-order valence-corrected chi connectivity index (χ0v) is 16.2. The molecule has 2 aromatic rings. The van der Waals surface area contributed by atoms with E-state index in [1.165, 1.54) is 5.56 Å². The van der Waals surface area contributed by atoms with Crippen LogP contribution in [0.4, 0.5) is 16.2 Å². The van der Waals surface area contributed by atoms with E-state index < -0.39 is 0 Å². The van der Waals surface area contributed by atoms with Gasteiger partial charge in [0.15, 0.2) is 0 Å². The quantitative estimate of drug-likeness (QED) is 0.886. The molecule has 4 rings (SSSR count). The topological polar surface area (TPSA) is 61.9 Å². The number of ether oxygens (including phenoxy) is 1. The number of nitrogens with zero attached hydrogens (tertiary/aromatic N) is 2. The summed E-state index contributed by atoms with van der Waals surface area (Å²) in [6, 6.07) is 15.2. The lowest BCUT2D eigenvalue weighted by atomic mass is 10.1. The average molecular weight is 379 g/mol. The molecule has 6 heteroatoms. The van der Waals surface area contributed by atoms with Crippen molar-refractivity contribution >= 4 is 23.3 Å². The van der Waals surface area contributed by atoms with Crippen molar-refractivity contribution in [3.63, 3.8) is 0 Å². The van der Waals surface area contributed by atoms with Crippen LogP contribution in [0.25, 0.3) is 0 Å². The molecule has 1 N–H and O–H groups in total. The largest absolute Gasteiger partial charge is 0.494 e. The van der Waals surface area contributed by atoms with E-state index in [0.29, 0.717) is 19.6 Å². The van der Waals surface area contributed by atoms with Crippen LogP contribution in [0.1, 0.15) is 25.8 Å². The van der Waals surface area contributed by atoms with Crippen molar-refractivity contribution in [3.05, 3.63) is 54.1 Å². The van der Waals surface area contributed by atoms with Crippen LogP contribution in [-0.4, -0.2) is 37.2 Å². The predicted octanol–water partition coefficient (Wildman–Crippen LogP) is 3.35. The first-order valence-corrected chi connectivity index (χ1v) is 9.77. The van der Waals surface area contributed by atoms with Crippen molar-refractivity contribution in [2.24, 2.45) is 0 Å². The first kappa shape index (κ1) is 18.3. The number of anilines is 2. The molecular weight excluding hydrogens is 354 g/mol. The minimum atomic E-state index is -0.202. The summed E-state index contributed by atoms with van der Waals surface area (Å²) in [7, 11) is 0. The van der Waals surface area contributed by atoms with Crippen molar-refractivity contribution in [3.8, 4) is 5.75 Å². The van der Waals surface area contributed by atoms with E-state index in [-0.39, 0.29) is 24.0 Å². The van der Waals surface area contributed by atoms with Gasteiger partial charge in [0.1, 0.15) is 5.75 Å². The van der Waals surface area contributed by atoms with Gasteiger partial charge >= 0.3 is 6.03 Å². The second-order valence-electron chi connectivity index (χ2n) is 7.33. The van der Waals surface area contributed by atoms with Crippen LogP contribution in [0.5, 0.6) is 5.75 Å². The van der Waals surface area contributed by atoms with Crippen LogP contribution >= 0.6 is 0 Å². The third-order valence-electron chi connectivity index (χ3n) is 5.34. The standard InChI is InChI=1S/C22H25N3O3/c1-3-28-19-10-8-18(9-11-19)24-14-17(13-21(24)26)23-22(27)25-15(2)12-16-6-4-5-7-20(16)25/h4-11,15,17H,3,12-14H2,1-2H3,(H,23,27)/t15-,17+/m0/s1. The molecule has 1 fully saturated rings. The van der Waals surface area contributed by atoms with Crippen LogP contribution in [-0.2, 0) is 11.2 Å². The number of carbonyl (C=O) groups is 2. The molecule has 6 nitrogen and oxygen atoms in total. The Bertz CT molecular complexity index is 881. The van der Waals surface area contributed by atoms with Crippen molar-refractivity contribution in [2.75, 3.05) is 23.0 Å². The molecule has 2 aliphatic heterocycles.